The maximum Gasteiger partial charge on any atom is 0.337 e. The third kappa shape index (κ3) is 6.19. The molecule has 2 saturated heterocycles. The summed E-state index contributed by atoms with van der Waals surface area (Å²) in [4.78, 5) is 25.8. The average Bonchev–Trinajstić information content (AvgIpc) is 3.11. The van der Waals surface area contributed by atoms with E-state index in [1.807, 2.05) is 0 Å². The number of allylic oxidation sites excluding steroid dienone is 2. The van der Waals surface area contributed by atoms with Crippen LogP contribution in [0.5, 0.6) is 0 Å². The van der Waals surface area contributed by atoms with Gasteiger partial charge in [0.1, 0.15) is 36.6 Å². The van der Waals surface area contributed by atoms with Crippen LogP contribution in [0, 0.1) is 50.2 Å². The Morgan fingerprint density at radius 1 is 0.782 bits per heavy atom. The molecule has 0 amide bonds. The van der Waals surface area contributed by atoms with Crippen LogP contribution >= 0.6 is 0 Å². The van der Waals surface area contributed by atoms with E-state index >= 15 is 0 Å². The highest BCUT2D eigenvalue weighted by Gasteiger charge is 2.69. The number of carbonyl (C=O) groups excluding carboxylic acids is 1. The smallest absolute Gasteiger partial charge is 0.337 e. The Morgan fingerprint density at radius 3 is 2.15 bits per heavy atom. The van der Waals surface area contributed by atoms with E-state index < -0.39 is 84.2 Å². The van der Waals surface area contributed by atoms with Crippen molar-refractivity contribution in [3.8, 4) is 0 Å². The summed E-state index contributed by atoms with van der Waals surface area (Å²) in [6.45, 7) is 16.0. The number of carbonyl (C=O) groups is 2. The van der Waals surface area contributed by atoms with E-state index in [9.17, 15) is 40.2 Å². The molecule has 0 bridgehead atoms. The number of ether oxygens (including phenoxy) is 5. The van der Waals surface area contributed by atoms with Gasteiger partial charge in [-0.15, -0.1) is 0 Å². The van der Waals surface area contributed by atoms with Crippen molar-refractivity contribution in [1.29, 1.82) is 0 Å². The number of hydrogen-bond acceptors (Lipinski definition) is 12. The van der Waals surface area contributed by atoms with Crippen molar-refractivity contribution < 1.29 is 63.9 Å². The summed E-state index contributed by atoms with van der Waals surface area (Å²) in [5, 5.41) is 63.9. The van der Waals surface area contributed by atoms with E-state index in [0.717, 1.165) is 58.5 Å². The Labute approximate surface area is 325 Å². The van der Waals surface area contributed by atoms with Crippen LogP contribution in [0.4, 0.5) is 0 Å². The van der Waals surface area contributed by atoms with Gasteiger partial charge in [-0.25, -0.2) is 4.79 Å². The van der Waals surface area contributed by atoms with Crippen LogP contribution in [0.3, 0.4) is 0 Å². The van der Waals surface area contributed by atoms with Gasteiger partial charge in [-0.05, 0) is 109 Å². The molecule has 7 aliphatic rings. The first-order chi connectivity index (χ1) is 25.6. The normalized spacial score (nSPS) is 51.7. The Kier molecular flexibility index (Phi) is 10.5. The van der Waals surface area contributed by atoms with Crippen molar-refractivity contribution in [1.82, 2.24) is 0 Å². The minimum absolute atomic E-state index is 0.0310. The minimum atomic E-state index is -1.75. The van der Waals surface area contributed by atoms with Gasteiger partial charge in [0, 0.05) is 0 Å². The van der Waals surface area contributed by atoms with Gasteiger partial charge in [0.2, 0.25) is 0 Å². The zero-order valence-electron chi connectivity index (χ0n) is 33.9. The molecule has 0 aromatic carbocycles. The lowest BCUT2D eigenvalue weighted by atomic mass is 9.33. The molecular weight excluding hydrogens is 712 g/mol. The number of aliphatic hydroxyl groups excluding tert-OH is 5. The van der Waals surface area contributed by atoms with Gasteiger partial charge >= 0.3 is 11.9 Å². The standard InChI is InChI=1S/C42H66O13/c1-37(2)15-17-42(36(49)50)18-16-40(6)21(22(42)19-37)9-10-25-39(5)13-12-26(38(3,4)24(39)11-14-41(25,40)7)53-35-32(29(46)28(45)31(54-35)33(48)51-8)55-34-30(47)27(44)23(43)20-52-34/h9,22-32,34-35,43-47H,10-20H2,1-8H3,(H,49,50)/t22-,23+,24-,25+,26-,27-,28-,29-,30+,31-,32+,34+,35+,39-,40+,41+,42-/m0/s1. The van der Waals surface area contributed by atoms with Crippen LogP contribution < -0.4 is 0 Å². The van der Waals surface area contributed by atoms with E-state index in [-0.39, 0.29) is 40.1 Å². The Hall–Kier alpha value is -1.68. The van der Waals surface area contributed by atoms with Crippen molar-refractivity contribution in [3.63, 3.8) is 0 Å². The van der Waals surface area contributed by atoms with Crippen LogP contribution in [0.15, 0.2) is 11.6 Å². The van der Waals surface area contributed by atoms with Crippen LogP contribution in [0.1, 0.15) is 113 Å². The number of carboxylic acids is 1. The zero-order chi connectivity index (χ0) is 40.3. The highest BCUT2D eigenvalue weighted by molar-refractivity contribution is 5.77. The number of fused-ring (bicyclic) bond motifs is 7. The lowest BCUT2D eigenvalue weighted by molar-refractivity contribution is -0.366. The van der Waals surface area contributed by atoms with Gasteiger partial charge in [-0.1, -0.05) is 60.1 Å². The second kappa shape index (κ2) is 14.0. The lowest BCUT2D eigenvalue weighted by Gasteiger charge is -2.71. The monoisotopic (exact) mass is 778 g/mol. The van der Waals surface area contributed by atoms with Gasteiger partial charge in [0.05, 0.1) is 25.2 Å². The molecule has 5 aliphatic carbocycles. The minimum Gasteiger partial charge on any atom is -0.481 e. The molecule has 312 valence electrons. The molecule has 2 aliphatic heterocycles. The largest absolute Gasteiger partial charge is 0.481 e. The van der Waals surface area contributed by atoms with Crippen LogP contribution in [0.25, 0.3) is 0 Å². The summed E-state index contributed by atoms with van der Waals surface area (Å²) in [5.74, 6) is -0.909. The molecule has 4 saturated carbocycles. The fourth-order valence-electron chi connectivity index (χ4n) is 13.5. The number of carboxylic acid groups (broad SMARTS) is 1. The van der Waals surface area contributed by atoms with Gasteiger partial charge in [0.15, 0.2) is 18.7 Å². The van der Waals surface area contributed by atoms with Gasteiger partial charge in [-0.3, -0.25) is 4.79 Å². The number of aliphatic hydroxyl groups is 5. The van der Waals surface area contributed by atoms with Crippen molar-refractivity contribution in [2.24, 2.45) is 50.2 Å². The van der Waals surface area contributed by atoms with Crippen LogP contribution in [-0.2, 0) is 33.3 Å². The predicted molar refractivity (Wildman–Crippen MR) is 197 cm³/mol. The maximum atomic E-state index is 13.1. The first-order valence-corrected chi connectivity index (χ1v) is 20.6. The number of rotatable bonds is 6. The first kappa shape index (κ1) is 41.5. The first-order valence-electron chi connectivity index (χ1n) is 20.6. The second-order valence-electron chi connectivity index (χ2n) is 20.4. The number of methoxy groups -OCH3 is 1. The average molecular weight is 779 g/mol. The quantitative estimate of drug-likeness (QED) is 0.130. The molecule has 0 aromatic rings. The molecule has 17 atom stereocenters. The van der Waals surface area contributed by atoms with Crippen molar-refractivity contribution >= 4 is 11.9 Å². The van der Waals surface area contributed by atoms with E-state index in [1.54, 1.807) is 0 Å². The molecule has 13 heteroatoms. The summed E-state index contributed by atoms with van der Waals surface area (Å²) in [5.41, 5.74) is 0.153. The topological polar surface area (TPSA) is 202 Å². The zero-order valence-corrected chi connectivity index (χ0v) is 33.9. The number of hydrogen-bond donors (Lipinski definition) is 6. The van der Waals surface area contributed by atoms with Gasteiger partial charge in [0.25, 0.3) is 0 Å². The Morgan fingerprint density at radius 2 is 1.47 bits per heavy atom. The van der Waals surface area contributed by atoms with E-state index in [1.165, 1.54) is 5.57 Å². The fourth-order valence-corrected chi connectivity index (χ4v) is 13.5. The molecule has 0 spiro atoms. The van der Waals surface area contributed by atoms with Crippen molar-refractivity contribution in [2.75, 3.05) is 13.7 Å². The Bertz CT molecular complexity index is 1530. The highest BCUT2D eigenvalue weighted by atomic mass is 16.8. The molecule has 6 fully saturated rings. The summed E-state index contributed by atoms with van der Waals surface area (Å²) < 4.78 is 29.1. The predicted octanol–water partition coefficient (Wildman–Crippen LogP) is 3.70. The van der Waals surface area contributed by atoms with E-state index in [4.69, 9.17) is 23.7 Å². The summed E-state index contributed by atoms with van der Waals surface area (Å²) in [7, 11) is 1.15. The third-order valence-electron chi connectivity index (χ3n) is 17.0. The number of esters is 1. The third-order valence-corrected chi connectivity index (χ3v) is 17.0. The number of aliphatic carboxylic acids is 1. The molecule has 0 aromatic heterocycles. The lowest BCUT2D eigenvalue weighted by Crippen LogP contribution is -2.67. The van der Waals surface area contributed by atoms with Gasteiger partial charge in [-0.2, -0.15) is 0 Å². The maximum absolute atomic E-state index is 13.1. The van der Waals surface area contributed by atoms with E-state index in [2.05, 4.69) is 54.5 Å². The molecule has 6 N–H and O–H groups in total. The summed E-state index contributed by atoms with van der Waals surface area (Å²) in [6, 6.07) is 0. The fraction of sp³-hybridized carbons (Fsp3) is 0.905. The van der Waals surface area contributed by atoms with Crippen LogP contribution in [0.2, 0.25) is 0 Å². The van der Waals surface area contributed by atoms with E-state index in [0.29, 0.717) is 18.8 Å². The molecule has 55 heavy (non-hydrogen) atoms. The highest BCUT2D eigenvalue weighted by Crippen LogP contribution is 2.76. The van der Waals surface area contributed by atoms with Crippen molar-refractivity contribution in [2.45, 2.75) is 174 Å². The summed E-state index contributed by atoms with van der Waals surface area (Å²) >= 11 is 0. The molecule has 0 radical (unpaired) electrons. The van der Waals surface area contributed by atoms with Crippen LogP contribution in [-0.4, -0.2) is 118 Å². The molecule has 0 unspecified atom stereocenters. The second-order valence-corrected chi connectivity index (χ2v) is 20.4. The Balaban J connectivity index is 1.16. The molecular formula is C42H66O13. The van der Waals surface area contributed by atoms with Gasteiger partial charge < -0.3 is 54.3 Å². The molecule has 2 heterocycles. The summed E-state index contributed by atoms with van der Waals surface area (Å²) in [6.07, 6.45) is -3.43. The SMILES string of the molecule is COC(=O)[C@H]1O[C@@H](O[C@H]2CC[C@]3(C)[C@H]4CC=C5[C@@H]6CC(C)(C)CC[C@]6(C(=O)O)CC[C@@]5(C)[C@]4(C)CC[C@H]3C2(C)C)[C@H](O[C@H]2OC[C@@H](O)[C@H](O)[C@H]2O)[C@@H](O)[C@@H]1O. The van der Waals surface area contributed by atoms with Crippen molar-refractivity contribution in [3.05, 3.63) is 11.6 Å². The molecule has 7 rings (SSSR count). The molecule has 13 nitrogen and oxygen atoms in total.